The number of fused-ring (bicyclic) bond motifs is 2. The highest BCUT2D eigenvalue weighted by Crippen LogP contribution is 2.49. The van der Waals surface area contributed by atoms with Crippen LogP contribution in [-0.2, 0) is 4.79 Å². The van der Waals surface area contributed by atoms with Gasteiger partial charge in [0, 0.05) is 17.3 Å². The molecule has 1 N–H and O–H groups in total. The quantitative estimate of drug-likeness (QED) is 0.760. The first-order chi connectivity index (χ1) is 9.60. The summed E-state index contributed by atoms with van der Waals surface area (Å²) < 4.78 is 0. The van der Waals surface area contributed by atoms with Crippen molar-refractivity contribution in [3.63, 3.8) is 0 Å². The molecule has 3 aliphatic carbocycles. The molecule has 0 aromatic carbocycles. The smallest absolute Gasteiger partial charge is 0.220 e. The van der Waals surface area contributed by atoms with Gasteiger partial charge in [-0.2, -0.15) is 0 Å². The molecule has 3 aliphatic rings. The van der Waals surface area contributed by atoms with Gasteiger partial charge in [0.1, 0.15) is 0 Å². The van der Waals surface area contributed by atoms with Crippen molar-refractivity contribution in [2.45, 2.75) is 70.3 Å². The summed E-state index contributed by atoms with van der Waals surface area (Å²) in [4.78, 5) is 12.5. The molecule has 3 heteroatoms. The standard InChI is InChI=1S/C17H28BrNO/c1-12-3-2-6-17(10-12,11-18)19-16(20)9-15-8-13-4-5-14(15)7-13/h12-15H,2-11H2,1H3,(H,19,20). The van der Waals surface area contributed by atoms with Crippen molar-refractivity contribution in [2.24, 2.45) is 23.7 Å². The first kappa shape index (κ1) is 14.9. The molecule has 20 heavy (non-hydrogen) atoms. The third-order valence-electron chi connectivity index (χ3n) is 6.08. The van der Waals surface area contributed by atoms with E-state index in [1.165, 1.54) is 38.5 Å². The Morgan fingerprint density at radius 1 is 1.30 bits per heavy atom. The Morgan fingerprint density at radius 2 is 2.15 bits per heavy atom. The van der Waals surface area contributed by atoms with Crippen molar-refractivity contribution >= 4 is 21.8 Å². The molecule has 2 nitrogen and oxygen atoms in total. The summed E-state index contributed by atoms with van der Waals surface area (Å²) in [6.07, 6.45) is 11.2. The fraction of sp³-hybridized carbons (Fsp3) is 0.941. The Balaban J connectivity index is 1.54. The van der Waals surface area contributed by atoms with Crippen molar-refractivity contribution in [3.05, 3.63) is 0 Å². The Morgan fingerprint density at radius 3 is 2.75 bits per heavy atom. The summed E-state index contributed by atoms with van der Waals surface area (Å²) in [6.45, 7) is 2.32. The van der Waals surface area contributed by atoms with Gasteiger partial charge < -0.3 is 5.32 Å². The van der Waals surface area contributed by atoms with Crippen LogP contribution in [0.4, 0.5) is 0 Å². The van der Waals surface area contributed by atoms with E-state index in [1.807, 2.05) is 0 Å². The lowest BCUT2D eigenvalue weighted by molar-refractivity contribution is -0.124. The number of amides is 1. The van der Waals surface area contributed by atoms with Crippen LogP contribution in [0.2, 0.25) is 0 Å². The van der Waals surface area contributed by atoms with Gasteiger partial charge in [-0.3, -0.25) is 4.79 Å². The molecule has 3 saturated carbocycles. The number of hydrogen-bond donors (Lipinski definition) is 1. The first-order valence-corrected chi connectivity index (χ1v) is 9.59. The maximum atomic E-state index is 12.5. The summed E-state index contributed by atoms with van der Waals surface area (Å²) >= 11 is 3.65. The van der Waals surface area contributed by atoms with Crippen LogP contribution in [-0.4, -0.2) is 16.8 Å². The molecule has 2 bridgehead atoms. The Bertz CT molecular complexity index is 372. The lowest BCUT2D eigenvalue weighted by atomic mass is 9.77. The maximum Gasteiger partial charge on any atom is 0.220 e. The van der Waals surface area contributed by atoms with Gasteiger partial charge in [0.15, 0.2) is 0 Å². The number of hydrogen-bond acceptors (Lipinski definition) is 1. The van der Waals surface area contributed by atoms with E-state index >= 15 is 0 Å². The highest BCUT2D eigenvalue weighted by molar-refractivity contribution is 9.09. The van der Waals surface area contributed by atoms with Gasteiger partial charge in [-0.25, -0.2) is 0 Å². The average molecular weight is 342 g/mol. The molecular weight excluding hydrogens is 314 g/mol. The van der Waals surface area contributed by atoms with E-state index in [0.29, 0.717) is 11.8 Å². The second kappa shape index (κ2) is 5.98. The van der Waals surface area contributed by atoms with Gasteiger partial charge in [0.25, 0.3) is 0 Å². The molecule has 3 fully saturated rings. The molecule has 0 aliphatic heterocycles. The fourth-order valence-electron chi connectivity index (χ4n) is 5.14. The van der Waals surface area contributed by atoms with Gasteiger partial charge in [-0.1, -0.05) is 42.1 Å². The van der Waals surface area contributed by atoms with Crippen LogP contribution in [0, 0.1) is 23.7 Å². The second-order valence-corrected chi connectivity index (χ2v) is 8.36. The molecule has 0 spiro atoms. The van der Waals surface area contributed by atoms with Gasteiger partial charge >= 0.3 is 0 Å². The zero-order valence-corrected chi connectivity index (χ0v) is 14.3. The van der Waals surface area contributed by atoms with E-state index in [4.69, 9.17) is 0 Å². The lowest BCUT2D eigenvalue weighted by Crippen LogP contribution is -2.53. The van der Waals surface area contributed by atoms with E-state index < -0.39 is 0 Å². The second-order valence-electron chi connectivity index (χ2n) is 7.80. The van der Waals surface area contributed by atoms with Crippen molar-refractivity contribution in [1.29, 1.82) is 0 Å². The minimum atomic E-state index is 0.0341. The Labute approximate surface area is 131 Å². The minimum Gasteiger partial charge on any atom is -0.350 e. The number of halogens is 1. The number of rotatable bonds is 4. The maximum absolute atomic E-state index is 12.5. The molecule has 0 saturated heterocycles. The molecule has 0 aromatic heterocycles. The van der Waals surface area contributed by atoms with Crippen molar-refractivity contribution < 1.29 is 4.79 Å². The number of carbonyl (C=O) groups excluding carboxylic acids is 1. The summed E-state index contributed by atoms with van der Waals surface area (Å²) in [5, 5.41) is 4.32. The van der Waals surface area contributed by atoms with Crippen LogP contribution in [0.3, 0.4) is 0 Å². The van der Waals surface area contributed by atoms with Crippen LogP contribution < -0.4 is 5.32 Å². The van der Waals surface area contributed by atoms with Crippen LogP contribution >= 0.6 is 15.9 Å². The third-order valence-corrected chi connectivity index (χ3v) is 7.16. The number of carbonyl (C=O) groups is 1. The predicted molar refractivity (Wildman–Crippen MR) is 85.9 cm³/mol. The summed E-state index contributed by atoms with van der Waals surface area (Å²) in [7, 11) is 0. The lowest BCUT2D eigenvalue weighted by Gasteiger charge is -2.40. The van der Waals surface area contributed by atoms with E-state index in [0.717, 1.165) is 42.3 Å². The largest absolute Gasteiger partial charge is 0.350 e. The third kappa shape index (κ3) is 3.08. The molecule has 5 unspecified atom stereocenters. The molecule has 3 rings (SSSR count). The van der Waals surface area contributed by atoms with Gasteiger partial charge in [0.2, 0.25) is 5.91 Å². The Hall–Kier alpha value is -0.0500. The molecule has 1 amide bonds. The normalized spacial score (nSPS) is 43.7. The zero-order chi connectivity index (χ0) is 14.2. The van der Waals surface area contributed by atoms with Crippen molar-refractivity contribution in [3.8, 4) is 0 Å². The zero-order valence-electron chi connectivity index (χ0n) is 12.7. The monoisotopic (exact) mass is 341 g/mol. The summed E-state index contributed by atoms with van der Waals surface area (Å²) in [5.74, 6) is 3.54. The summed E-state index contributed by atoms with van der Waals surface area (Å²) in [6, 6.07) is 0. The van der Waals surface area contributed by atoms with Crippen LogP contribution in [0.15, 0.2) is 0 Å². The molecular formula is C17H28BrNO. The van der Waals surface area contributed by atoms with Crippen molar-refractivity contribution in [2.75, 3.05) is 5.33 Å². The summed E-state index contributed by atoms with van der Waals surface area (Å²) in [5.41, 5.74) is 0.0341. The number of alkyl halides is 1. The van der Waals surface area contributed by atoms with Gasteiger partial charge in [-0.15, -0.1) is 0 Å². The van der Waals surface area contributed by atoms with E-state index in [2.05, 4.69) is 28.2 Å². The topological polar surface area (TPSA) is 29.1 Å². The number of nitrogens with one attached hydrogen (secondary N) is 1. The van der Waals surface area contributed by atoms with Gasteiger partial charge in [-0.05, 0) is 55.8 Å². The predicted octanol–water partition coefficient (Wildman–Crippen LogP) is 4.27. The first-order valence-electron chi connectivity index (χ1n) is 8.47. The minimum absolute atomic E-state index is 0.0341. The molecule has 5 atom stereocenters. The molecule has 0 aromatic rings. The SMILES string of the molecule is CC1CCCC(CBr)(NC(=O)CC2CC3CCC2C3)C1. The molecule has 114 valence electrons. The molecule has 0 heterocycles. The van der Waals surface area contributed by atoms with Crippen LogP contribution in [0.1, 0.15) is 64.7 Å². The fourth-order valence-corrected chi connectivity index (χ4v) is 5.79. The highest BCUT2D eigenvalue weighted by Gasteiger charge is 2.41. The van der Waals surface area contributed by atoms with Crippen LogP contribution in [0.25, 0.3) is 0 Å². The molecule has 0 radical (unpaired) electrons. The van der Waals surface area contributed by atoms with E-state index in [1.54, 1.807) is 0 Å². The van der Waals surface area contributed by atoms with Crippen LogP contribution in [0.5, 0.6) is 0 Å². The average Bonchev–Trinajstić information content (AvgIpc) is 3.00. The van der Waals surface area contributed by atoms with Crippen molar-refractivity contribution in [1.82, 2.24) is 5.32 Å². The highest BCUT2D eigenvalue weighted by atomic mass is 79.9. The van der Waals surface area contributed by atoms with Gasteiger partial charge in [0.05, 0.1) is 0 Å². The van der Waals surface area contributed by atoms with E-state index in [-0.39, 0.29) is 5.54 Å². The Kier molecular flexibility index (Phi) is 4.45. The van der Waals surface area contributed by atoms with E-state index in [9.17, 15) is 4.79 Å².